The van der Waals surface area contributed by atoms with Gasteiger partial charge >= 0.3 is 0 Å². The second-order valence-corrected chi connectivity index (χ2v) is 2.90. The van der Waals surface area contributed by atoms with E-state index in [9.17, 15) is 4.79 Å². The molecule has 0 bridgehead atoms. The predicted molar refractivity (Wildman–Crippen MR) is 52.7 cm³/mol. The van der Waals surface area contributed by atoms with Crippen LogP contribution in [-0.2, 0) is 6.54 Å². The molecule has 0 spiro atoms. The lowest BCUT2D eigenvalue weighted by Gasteiger charge is -2.05. The minimum absolute atomic E-state index is 0.0567. The number of benzene rings is 1. The first-order chi connectivity index (χ1) is 6.33. The number of rotatable bonds is 1. The lowest BCUT2D eigenvalue weighted by molar-refractivity contribution is 0.760. The maximum absolute atomic E-state index is 11.4. The lowest BCUT2D eigenvalue weighted by atomic mass is 10.2. The molecule has 1 radical (unpaired) electrons. The Labute approximate surface area is 76.4 Å². The molecule has 0 aliphatic rings. The summed E-state index contributed by atoms with van der Waals surface area (Å²) in [6, 6.07) is 12.1. The molecule has 0 aliphatic heterocycles. The fourth-order valence-corrected chi connectivity index (χ4v) is 1.51. The van der Waals surface area contributed by atoms with Crippen molar-refractivity contribution < 1.29 is 0 Å². The van der Waals surface area contributed by atoms with Crippen LogP contribution in [-0.4, -0.2) is 4.57 Å². The summed E-state index contributed by atoms with van der Waals surface area (Å²) in [6.07, 6.45) is 0. The molecule has 1 heterocycles. The van der Waals surface area contributed by atoms with Gasteiger partial charge in [0.15, 0.2) is 0 Å². The zero-order valence-corrected chi connectivity index (χ0v) is 7.45. The molecule has 0 N–H and O–H groups in total. The molecule has 0 aliphatic carbocycles. The Morgan fingerprint density at radius 2 is 2.23 bits per heavy atom. The van der Waals surface area contributed by atoms with Crippen LogP contribution >= 0.6 is 0 Å². The first-order valence-corrected chi connectivity index (χ1v) is 4.32. The maximum Gasteiger partial charge on any atom is 0.250 e. The highest BCUT2D eigenvalue weighted by Crippen LogP contribution is 2.09. The summed E-state index contributed by atoms with van der Waals surface area (Å²) in [5, 5.41) is 1.06. The minimum Gasteiger partial charge on any atom is -0.309 e. The normalized spacial score (nSPS) is 10.5. The van der Waals surface area contributed by atoms with Gasteiger partial charge in [0.1, 0.15) is 0 Å². The van der Waals surface area contributed by atoms with Crippen molar-refractivity contribution in [1.29, 1.82) is 0 Å². The Bertz CT molecular complexity index is 485. The van der Waals surface area contributed by atoms with Crippen LogP contribution in [0.1, 0.15) is 6.92 Å². The van der Waals surface area contributed by atoms with Gasteiger partial charge < -0.3 is 4.57 Å². The number of pyridine rings is 1. The van der Waals surface area contributed by atoms with Crippen LogP contribution in [0.5, 0.6) is 0 Å². The monoisotopic (exact) mass is 172 g/mol. The standard InChI is InChI=1S/C11H10NO/c1-2-12-10-6-4-3-5-9(10)7-8-11(12)13/h4-8H,2H2,1H3. The average Bonchev–Trinajstić information content (AvgIpc) is 2.18. The molecular formula is C11H10NO. The van der Waals surface area contributed by atoms with Crippen molar-refractivity contribution >= 4 is 10.9 Å². The number of hydrogen-bond donors (Lipinski definition) is 0. The predicted octanol–water partition coefficient (Wildman–Crippen LogP) is 1.82. The fraction of sp³-hybridized carbons (Fsp3) is 0.182. The summed E-state index contributed by atoms with van der Waals surface area (Å²) in [6.45, 7) is 2.68. The van der Waals surface area contributed by atoms with Crippen molar-refractivity contribution in [2.45, 2.75) is 13.5 Å². The quantitative estimate of drug-likeness (QED) is 0.643. The van der Waals surface area contributed by atoms with Gasteiger partial charge in [0.2, 0.25) is 0 Å². The molecule has 2 aromatic rings. The van der Waals surface area contributed by atoms with E-state index in [2.05, 4.69) is 6.07 Å². The summed E-state index contributed by atoms with van der Waals surface area (Å²) in [5.74, 6) is 0. The molecular weight excluding hydrogens is 162 g/mol. The molecule has 0 amide bonds. The summed E-state index contributed by atoms with van der Waals surface area (Å²) in [5.41, 5.74) is 1.04. The van der Waals surface area contributed by atoms with Crippen LogP contribution in [0, 0.1) is 6.07 Å². The van der Waals surface area contributed by atoms with Crippen LogP contribution in [0.15, 0.2) is 35.1 Å². The second kappa shape index (κ2) is 3.05. The van der Waals surface area contributed by atoms with Crippen LogP contribution in [0.2, 0.25) is 0 Å². The van der Waals surface area contributed by atoms with Crippen LogP contribution in [0.3, 0.4) is 0 Å². The molecule has 2 rings (SSSR count). The van der Waals surface area contributed by atoms with Gasteiger partial charge in [-0.25, -0.2) is 0 Å². The van der Waals surface area contributed by atoms with E-state index in [1.54, 1.807) is 10.6 Å². The first-order valence-electron chi connectivity index (χ1n) is 4.32. The molecule has 2 nitrogen and oxygen atoms in total. The highest BCUT2D eigenvalue weighted by atomic mass is 16.1. The zero-order valence-electron chi connectivity index (χ0n) is 7.45. The number of nitrogens with zero attached hydrogens (tertiary/aromatic N) is 1. The molecule has 65 valence electrons. The van der Waals surface area contributed by atoms with Gasteiger partial charge in [0, 0.05) is 12.6 Å². The van der Waals surface area contributed by atoms with E-state index in [1.807, 2.05) is 31.2 Å². The third kappa shape index (κ3) is 1.24. The number of hydrogen-bond acceptors (Lipinski definition) is 1. The van der Waals surface area contributed by atoms with Crippen LogP contribution < -0.4 is 5.56 Å². The maximum atomic E-state index is 11.4. The molecule has 13 heavy (non-hydrogen) atoms. The Morgan fingerprint density at radius 3 is 3.00 bits per heavy atom. The van der Waals surface area contributed by atoms with Gasteiger partial charge in [-0.3, -0.25) is 4.79 Å². The molecule has 0 atom stereocenters. The SMILES string of the molecule is CCn1c(=O)ccc2c[c]ccc21. The van der Waals surface area contributed by atoms with Crippen molar-refractivity contribution in [1.82, 2.24) is 4.57 Å². The van der Waals surface area contributed by atoms with Crippen molar-refractivity contribution in [3.63, 3.8) is 0 Å². The molecule has 0 saturated carbocycles. The highest BCUT2D eigenvalue weighted by Gasteiger charge is 1.98. The average molecular weight is 172 g/mol. The number of aryl methyl sites for hydroxylation is 1. The molecule has 2 heteroatoms. The molecule has 0 fully saturated rings. The van der Waals surface area contributed by atoms with Crippen LogP contribution in [0.4, 0.5) is 0 Å². The Balaban J connectivity index is 2.92. The van der Waals surface area contributed by atoms with Gasteiger partial charge in [0.25, 0.3) is 5.56 Å². The van der Waals surface area contributed by atoms with Gasteiger partial charge in [-0.15, -0.1) is 0 Å². The van der Waals surface area contributed by atoms with E-state index in [-0.39, 0.29) is 5.56 Å². The van der Waals surface area contributed by atoms with Crippen molar-refractivity contribution in [3.8, 4) is 0 Å². The Kier molecular flexibility index (Phi) is 1.89. The summed E-state index contributed by atoms with van der Waals surface area (Å²) < 4.78 is 1.75. The molecule has 1 aromatic heterocycles. The number of aromatic nitrogens is 1. The Hall–Kier alpha value is -1.57. The summed E-state index contributed by atoms with van der Waals surface area (Å²) in [7, 11) is 0. The molecule has 0 unspecified atom stereocenters. The van der Waals surface area contributed by atoms with Crippen molar-refractivity contribution in [2.24, 2.45) is 0 Å². The number of fused-ring (bicyclic) bond motifs is 1. The Morgan fingerprint density at radius 1 is 1.38 bits per heavy atom. The fourth-order valence-electron chi connectivity index (χ4n) is 1.51. The minimum atomic E-state index is 0.0567. The summed E-state index contributed by atoms with van der Waals surface area (Å²) in [4.78, 5) is 11.4. The van der Waals surface area contributed by atoms with Gasteiger partial charge in [-0.1, -0.05) is 6.07 Å². The smallest absolute Gasteiger partial charge is 0.250 e. The third-order valence-electron chi connectivity index (χ3n) is 2.15. The van der Waals surface area contributed by atoms with E-state index >= 15 is 0 Å². The van der Waals surface area contributed by atoms with E-state index in [0.29, 0.717) is 6.54 Å². The topological polar surface area (TPSA) is 22.0 Å². The van der Waals surface area contributed by atoms with Crippen molar-refractivity contribution in [2.75, 3.05) is 0 Å². The second-order valence-electron chi connectivity index (χ2n) is 2.90. The first kappa shape index (κ1) is 8.05. The van der Waals surface area contributed by atoms with Crippen LogP contribution in [0.25, 0.3) is 10.9 Å². The van der Waals surface area contributed by atoms with Crippen molar-refractivity contribution in [3.05, 3.63) is 46.8 Å². The highest BCUT2D eigenvalue weighted by molar-refractivity contribution is 5.78. The molecule has 1 aromatic carbocycles. The zero-order chi connectivity index (χ0) is 9.26. The van der Waals surface area contributed by atoms with E-state index in [1.165, 1.54) is 0 Å². The molecule has 0 saturated heterocycles. The van der Waals surface area contributed by atoms with Gasteiger partial charge in [0.05, 0.1) is 5.52 Å². The van der Waals surface area contributed by atoms with Gasteiger partial charge in [-0.05, 0) is 36.6 Å². The van der Waals surface area contributed by atoms with Gasteiger partial charge in [-0.2, -0.15) is 0 Å². The third-order valence-corrected chi connectivity index (χ3v) is 2.15. The largest absolute Gasteiger partial charge is 0.309 e. The lowest BCUT2D eigenvalue weighted by Crippen LogP contribution is -2.17. The van der Waals surface area contributed by atoms with E-state index in [4.69, 9.17) is 0 Å². The summed E-state index contributed by atoms with van der Waals surface area (Å²) >= 11 is 0. The van der Waals surface area contributed by atoms with E-state index in [0.717, 1.165) is 10.9 Å². The van der Waals surface area contributed by atoms with E-state index < -0.39 is 0 Å².